The highest BCUT2D eigenvalue weighted by Crippen LogP contribution is 2.44. The second-order valence-electron chi connectivity index (χ2n) is 8.65. The van der Waals surface area contributed by atoms with E-state index in [9.17, 15) is 0 Å². The van der Waals surface area contributed by atoms with Crippen LogP contribution in [0, 0.1) is 18.8 Å². The fourth-order valence-corrected chi connectivity index (χ4v) is 5.88. The van der Waals surface area contributed by atoms with Crippen LogP contribution >= 0.6 is 0 Å². The lowest BCUT2D eigenvalue weighted by atomic mass is 9.77. The molecule has 3 fully saturated rings. The van der Waals surface area contributed by atoms with E-state index in [1.807, 2.05) is 7.11 Å². The summed E-state index contributed by atoms with van der Waals surface area (Å²) in [6.07, 6.45) is 5.03. The number of rotatable bonds is 3. The fourth-order valence-electron chi connectivity index (χ4n) is 5.88. The minimum absolute atomic E-state index is 0.275. The highest BCUT2D eigenvalue weighted by atomic mass is 16.5. The van der Waals surface area contributed by atoms with Crippen molar-refractivity contribution in [3.05, 3.63) is 30.1 Å². The summed E-state index contributed by atoms with van der Waals surface area (Å²) in [4.78, 5) is 7.57. The second-order valence-corrected chi connectivity index (χ2v) is 8.65. The maximum absolute atomic E-state index is 6.03. The number of imidazole rings is 1. The van der Waals surface area contributed by atoms with Crippen molar-refractivity contribution >= 4 is 11.0 Å². The SMILES string of the molecule is CO[C@H]1C[C@@H]2CN(C3CCOCC3)C[C@@H]2C[C@@H]1n1c(C)nc2ccccc21. The molecule has 0 radical (unpaired) electrons. The Labute approximate surface area is 161 Å². The van der Waals surface area contributed by atoms with Gasteiger partial charge >= 0.3 is 0 Å². The minimum Gasteiger partial charge on any atom is -0.381 e. The van der Waals surface area contributed by atoms with E-state index in [1.54, 1.807) is 0 Å². The molecule has 1 aromatic carbocycles. The number of ether oxygens (including phenoxy) is 2. The summed E-state index contributed by atoms with van der Waals surface area (Å²) in [5.41, 5.74) is 2.35. The van der Waals surface area contributed by atoms with E-state index in [0.717, 1.165) is 48.9 Å². The molecule has 5 nitrogen and oxygen atoms in total. The summed E-state index contributed by atoms with van der Waals surface area (Å²) in [6.45, 7) is 6.49. The van der Waals surface area contributed by atoms with Gasteiger partial charge in [-0.05, 0) is 56.6 Å². The normalized spacial score (nSPS) is 32.8. The number of para-hydroxylation sites is 2. The molecule has 0 spiro atoms. The number of likely N-dealkylation sites (tertiary alicyclic amines) is 1. The van der Waals surface area contributed by atoms with Gasteiger partial charge in [-0.15, -0.1) is 0 Å². The Balaban J connectivity index is 1.41. The molecule has 0 unspecified atom stereocenters. The van der Waals surface area contributed by atoms with Gasteiger partial charge in [0.25, 0.3) is 0 Å². The number of aryl methyl sites for hydroxylation is 1. The fraction of sp³-hybridized carbons (Fsp3) is 0.682. The van der Waals surface area contributed by atoms with Gasteiger partial charge in [-0.2, -0.15) is 0 Å². The third kappa shape index (κ3) is 3.10. The summed E-state index contributed by atoms with van der Waals surface area (Å²) in [7, 11) is 1.89. The van der Waals surface area contributed by atoms with Gasteiger partial charge in [0.15, 0.2) is 0 Å². The Kier molecular flexibility index (Phi) is 4.70. The van der Waals surface area contributed by atoms with Crippen LogP contribution in [-0.4, -0.2) is 60.0 Å². The van der Waals surface area contributed by atoms with E-state index < -0.39 is 0 Å². The van der Waals surface area contributed by atoms with E-state index in [2.05, 4.69) is 40.7 Å². The summed E-state index contributed by atoms with van der Waals surface area (Å²) >= 11 is 0. The number of aromatic nitrogens is 2. The Morgan fingerprint density at radius 1 is 1.07 bits per heavy atom. The minimum atomic E-state index is 0.275. The van der Waals surface area contributed by atoms with Gasteiger partial charge in [0.1, 0.15) is 5.82 Å². The first-order chi connectivity index (χ1) is 13.2. The van der Waals surface area contributed by atoms with Gasteiger partial charge in [-0.1, -0.05) is 12.1 Å². The Bertz CT molecular complexity index is 798. The standard InChI is InChI=1S/C22H31N3O2/c1-15-23-19-5-3-4-6-20(19)25(15)21-11-16-13-24(18-7-9-27-10-8-18)14-17(16)12-22(21)26-2/h3-6,16-18,21-22H,7-14H2,1-2H3/t16-,17+,21-,22-/m0/s1. The van der Waals surface area contributed by atoms with Gasteiger partial charge < -0.3 is 14.0 Å². The zero-order valence-electron chi connectivity index (χ0n) is 16.5. The van der Waals surface area contributed by atoms with Crippen molar-refractivity contribution in [2.24, 2.45) is 11.8 Å². The van der Waals surface area contributed by atoms with Crippen LogP contribution in [0.5, 0.6) is 0 Å². The largest absolute Gasteiger partial charge is 0.381 e. The monoisotopic (exact) mass is 369 g/mol. The van der Waals surface area contributed by atoms with Crippen LogP contribution in [-0.2, 0) is 9.47 Å². The van der Waals surface area contributed by atoms with Crippen molar-refractivity contribution in [3.63, 3.8) is 0 Å². The molecule has 5 heteroatoms. The Morgan fingerprint density at radius 2 is 1.81 bits per heavy atom. The summed E-state index contributed by atoms with van der Waals surface area (Å²) in [6, 6.07) is 9.63. The molecule has 146 valence electrons. The molecule has 4 atom stereocenters. The number of fused-ring (bicyclic) bond motifs is 2. The zero-order valence-corrected chi connectivity index (χ0v) is 16.5. The van der Waals surface area contributed by atoms with Crippen LogP contribution in [0.1, 0.15) is 37.5 Å². The quantitative estimate of drug-likeness (QED) is 0.831. The lowest BCUT2D eigenvalue weighted by molar-refractivity contribution is -0.000165. The summed E-state index contributed by atoms with van der Waals surface area (Å²) in [5, 5.41) is 0. The highest BCUT2D eigenvalue weighted by Gasteiger charge is 2.45. The lowest BCUT2D eigenvalue weighted by Gasteiger charge is -2.38. The average molecular weight is 370 g/mol. The maximum atomic E-state index is 6.03. The molecule has 2 saturated heterocycles. The third-order valence-electron chi connectivity index (χ3n) is 7.23. The first-order valence-corrected chi connectivity index (χ1v) is 10.5. The number of methoxy groups -OCH3 is 1. The summed E-state index contributed by atoms with van der Waals surface area (Å²) in [5.74, 6) is 2.65. The Morgan fingerprint density at radius 3 is 2.59 bits per heavy atom. The van der Waals surface area contributed by atoms with Crippen LogP contribution in [0.25, 0.3) is 11.0 Å². The molecule has 1 saturated carbocycles. The first kappa shape index (κ1) is 17.7. The van der Waals surface area contributed by atoms with Gasteiger partial charge in [0.05, 0.1) is 23.2 Å². The molecule has 2 aliphatic heterocycles. The molecule has 0 bridgehead atoms. The molecule has 1 aromatic heterocycles. The third-order valence-corrected chi connectivity index (χ3v) is 7.23. The van der Waals surface area contributed by atoms with Crippen molar-refractivity contribution in [1.82, 2.24) is 14.5 Å². The molecule has 1 aliphatic carbocycles. The van der Waals surface area contributed by atoms with E-state index in [4.69, 9.17) is 14.5 Å². The zero-order chi connectivity index (χ0) is 18.4. The van der Waals surface area contributed by atoms with E-state index in [-0.39, 0.29) is 6.10 Å². The molecular weight excluding hydrogens is 338 g/mol. The van der Waals surface area contributed by atoms with Crippen LogP contribution in [0.15, 0.2) is 24.3 Å². The topological polar surface area (TPSA) is 39.5 Å². The van der Waals surface area contributed by atoms with Gasteiger partial charge in [-0.25, -0.2) is 4.98 Å². The highest BCUT2D eigenvalue weighted by molar-refractivity contribution is 5.76. The molecule has 3 aliphatic rings. The van der Waals surface area contributed by atoms with Gasteiger partial charge in [-0.3, -0.25) is 4.90 Å². The van der Waals surface area contributed by atoms with Crippen molar-refractivity contribution in [2.45, 2.75) is 50.8 Å². The number of hydrogen-bond donors (Lipinski definition) is 0. The molecule has 0 amide bonds. The van der Waals surface area contributed by atoms with Crippen molar-refractivity contribution in [3.8, 4) is 0 Å². The van der Waals surface area contributed by atoms with Crippen molar-refractivity contribution in [1.29, 1.82) is 0 Å². The van der Waals surface area contributed by atoms with Gasteiger partial charge in [0, 0.05) is 39.5 Å². The van der Waals surface area contributed by atoms with E-state index in [1.165, 1.54) is 37.9 Å². The first-order valence-electron chi connectivity index (χ1n) is 10.5. The molecule has 27 heavy (non-hydrogen) atoms. The average Bonchev–Trinajstić information content (AvgIpc) is 3.27. The van der Waals surface area contributed by atoms with Crippen LogP contribution in [0.3, 0.4) is 0 Å². The molecule has 3 heterocycles. The predicted octanol–water partition coefficient (Wildman–Crippen LogP) is 3.42. The van der Waals surface area contributed by atoms with Crippen molar-refractivity contribution < 1.29 is 9.47 Å². The summed E-state index contributed by atoms with van der Waals surface area (Å²) < 4.78 is 14.1. The van der Waals surface area contributed by atoms with Crippen LogP contribution < -0.4 is 0 Å². The predicted molar refractivity (Wildman–Crippen MR) is 106 cm³/mol. The number of nitrogens with zero attached hydrogens (tertiary/aromatic N) is 3. The second kappa shape index (κ2) is 7.19. The molecule has 2 aromatic rings. The van der Waals surface area contributed by atoms with Crippen LogP contribution in [0.4, 0.5) is 0 Å². The van der Waals surface area contributed by atoms with Gasteiger partial charge in [0.2, 0.25) is 0 Å². The van der Waals surface area contributed by atoms with E-state index >= 15 is 0 Å². The number of benzene rings is 1. The van der Waals surface area contributed by atoms with E-state index in [0.29, 0.717) is 6.04 Å². The van der Waals surface area contributed by atoms with Crippen molar-refractivity contribution in [2.75, 3.05) is 33.4 Å². The Hall–Kier alpha value is -1.43. The smallest absolute Gasteiger partial charge is 0.107 e. The molecule has 0 N–H and O–H groups in total. The number of hydrogen-bond acceptors (Lipinski definition) is 4. The maximum Gasteiger partial charge on any atom is 0.107 e. The van der Waals surface area contributed by atoms with Crippen LogP contribution in [0.2, 0.25) is 0 Å². The lowest BCUT2D eigenvalue weighted by Crippen LogP contribution is -2.38. The molecule has 5 rings (SSSR count). The molecular formula is C22H31N3O2.